The zero-order valence-electron chi connectivity index (χ0n) is 15.3. The number of isocyanates is 2. The van der Waals surface area contributed by atoms with Gasteiger partial charge >= 0.3 is 0 Å². The maximum atomic E-state index is 10.00. The lowest BCUT2D eigenvalue weighted by Crippen LogP contribution is -2.32. The molecule has 0 aromatic heterocycles. The SMILES string of the molecule is CC1CO1.CCC(CO)(CO)CO.Cc1c(N=C=O)cccc1N=C=O. The highest BCUT2D eigenvalue weighted by Crippen LogP contribution is 2.26. The van der Waals surface area contributed by atoms with Gasteiger partial charge in [-0.1, -0.05) is 13.0 Å². The molecule has 8 nitrogen and oxygen atoms in total. The number of benzene rings is 1. The van der Waals surface area contributed by atoms with Gasteiger partial charge in [0.2, 0.25) is 12.2 Å². The molecule has 1 unspecified atom stereocenters. The van der Waals surface area contributed by atoms with Crippen LogP contribution in [0.2, 0.25) is 0 Å². The lowest BCUT2D eigenvalue weighted by Gasteiger charge is -2.24. The molecule has 26 heavy (non-hydrogen) atoms. The Morgan fingerprint density at radius 2 is 1.50 bits per heavy atom. The van der Waals surface area contributed by atoms with Crippen molar-refractivity contribution in [1.82, 2.24) is 0 Å². The Hall–Kier alpha value is -2.18. The van der Waals surface area contributed by atoms with Gasteiger partial charge in [0, 0.05) is 11.0 Å². The second kappa shape index (κ2) is 13.1. The maximum absolute atomic E-state index is 10.00. The van der Waals surface area contributed by atoms with Crippen LogP contribution in [0.25, 0.3) is 0 Å². The molecule has 0 bridgehead atoms. The number of rotatable bonds is 6. The molecule has 1 fully saturated rings. The summed E-state index contributed by atoms with van der Waals surface area (Å²) in [5.41, 5.74) is 0.923. The van der Waals surface area contributed by atoms with E-state index in [2.05, 4.69) is 16.9 Å². The molecule has 0 amide bonds. The Bertz CT molecular complexity index is 575. The van der Waals surface area contributed by atoms with Crippen molar-refractivity contribution >= 4 is 23.5 Å². The number of carbonyl (C=O) groups excluding carboxylic acids is 2. The van der Waals surface area contributed by atoms with Crippen LogP contribution in [0.1, 0.15) is 25.8 Å². The highest BCUT2D eigenvalue weighted by atomic mass is 16.6. The molecule has 1 heterocycles. The van der Waals surface area contributed by atoms with Crippen molar-refractivity contribution in [2.45, 2.75) is 33.3 Å². The molecule has 1 saturated heterocycles. The third-order valence-electron chi connectivity index (χ3n) is 3.87. The van der Waals surface area contributed by atoms with E-state index in [-0.39, 0.29) is 19.8 Å². The third kappa shape index (κ3) is 8.78. The molecule has 8 heteroatoms. The quantitative estimate of drug-likeness (QED) is 0.399. The first kappa shape index (κ1) is 23.8. The van der Waals surface area contributed by atoms with Gasteiger partial charge in [-0.25, -0.2) is 9.59 Å². The van der Waals surface area contributed by atoms with Crippen molar-refractivity contribution in [3.05, 3.63) is 23.8 Å². The van der Waals surface area contributed by atoms with E-state index in [1.807, 2.05) is 6.92 Å². The highest BCUT2D eigenvalue weighted by Gasteiger charge is 2.24. The van der Waals surface area contributed by atoms with E-state index in [0.29, 0.717) is 29.5 Å². The number of hydrogen-bond donors (Lipinski definition) is 3. The van der Waals surface area contributed by atoms with Crippen LogP contribution in [0.5, 0.6) is 0 Å². The zero-order chi connectivity index (χ0) is 20.0. The van der Waals surface area contributed by atoms with E-state index in [1.165, 1.54) is 12.2 Å². The monoisotopic (exact) mass is 366 g/mol. The number of aliphatic hydroxyl groups is 3. The minimum Gasteiger partial charge on any atom is -0.396 e. The average Bonchev–Trinajstić information content (AvgIpc) is 3.45. The van der Waals surface area contributed by atoms with Crippen LogP contribution in [0, 0.1) is 12.3 Å². The molecule has 2 rings (SSSR count). The lowest BCUT2D eigenvalue weighted by molar-refractivity contribution is 0.00304. The molecule has 0 saturated carbocycles. The van der Waals surface area contributed by atoms with Crippen molar-refractivity contribution in [2.75, 3.05) is 26.4 Å². The summed E-state index contributed by atoms with van der Waals surface area (Å²) in [7, 11) is 0. The van der Waals surface area contributed by atoms with Gasteiger partial charge in [0.1, 0.15) is 0 Å². The van der Waals surface area contributed by atoms with Crippen LogP contribution in [-0.4, -0.2) is 60.0 Å². The first-order valence-corrected chi connectivity index (χ1v) is 8.13. The second-order valence-corrected chi connectivity index (χ2v) is 5.80. The van der Waals surface area contributed by atoms with Gasteiger partial charge in [-0.05, 0) is 32.4 Å². The summed E-state index contributed by atoms with van der Waals surface area (Å²) in [5.74, 6) is 0. The Labute approximate surface area is 152 Å². The minimum atomic E-state index is -0.667. The molecule has 1 aromatic rings. The minimum absolute atomic E-state index is 0.156. The van der Waals surface area contributed by atoms with E-state index in [1.54, 1.807) is 25.1 Å². The van der Waals surface area contributed by atoms with Crippen LogP contribution in [0.15, 0.2) is 28.2 Å². The number of hydrogen-bond acceptors (Lipinski definition) is 8. The summed E-state index contributed by atoms with van der Waals surface area (Å²) in [6.45, 7) is 6.11. The second-order valence-electron chi connectivity index (χ2n) is 5.80. The molecule has 1 aromatic carbocycles. The van der Waals surface area contributed by atoms with Gasteiger partial charge in [0.15, 0.2) is 0 Å². The smallest absolute Gasteiger partial charge is 0.240 e. The number of aliphatic imine (C=N–C) groups is 2. The van der Waals surface area contributed by atoms with Crippen LogP contribution >= 0.6 is 0 Å². The fraction of sp³-hybridized carbons (Fsp3) is 0.556. The Morgan fingerprint density at radius 1 is 1.12 bits per heavy atom. The summed E-state index contributed by atoms with van der Waals surface area (Å²) in [4.78, 5) is 26.9. The molecule has 0 radical (unpaired) electrons. The molecular formula is C18H26N2O6. The average molecular weight is 366 g/mol. The van der Waals surface area contributed by atoms with Crippen LogP contribution < -0.4 is 0 Å². The highest BCUT2D eigenvalue weighted by molar-refractivity contribution is 5.64. The van der Waals surface area contributed by atoms with Crippen molar-refractivity contribution in [3.8, 4) is 0 Å². The van der Waals surface area contributed by atoms with E-state index in [0.717, 1.165) is 6.61 Å². The van der Waals surface area contributed by atoms with Crippen molar-refractivity contribution in [3.63, 3.8) is 0 Å². The molecule has 0 spiro atoms. The van der Waals surface area contributed by atoms with E-state index in [4.69, 9.17) is 20.1 Å². The van der Waals surface area contributed by atoms with Gasteiger partial charge in [-0.15, -0.1) is 0 Å². The summed E-state index contributed by atoms with van der Waals surface area (Å²) < 4.78 is 4.71. The van der Waals surface area contributed by atoms with Gasteiger partial charge < -0.3 is 20.1 Å². The normalized spacial score (nSPS) is 14.5. The third-order valence-corrected chi connectivity index (χ3v) is 3.87. The standard InChI is InChI=1S/C9H6N2O2.C6H14O3.C3H6O/c1-7-8(10-5-12)3-2-4-9(7)11-6-13;1-2-6(3-7,4-8)5-9;1-3-2-4-3/h2-4H,1H3;7-9H,2-5H2,1H3;3H,2H2,1H3. The molecule has 1 atom stereocenters. The van der Waals surface area contributed by atoms with Gasteiger partial charge in [-0.2, -0.15) is 9.98 Å². The van der Waals surface area contributed by atoms with Crippen LogP contribution in [-0.2, 0) is 14.3 Å². The summed E-state index contributed by atoms with van der Waals surface area (Å²) >= 11 is 0. The van der Waals surface area contributed by atoms with E-state index >= 15 is 0 Å². The van der Waals surface area contributed by atoms with E-state index < -0.39 is 5.41 Å². The number of nitrogens with zero attached hydrogens (tertiary/aromatic N) is 2. The maximum Gasteiger partial charge on any atom is 0.240 e. The Morgan fingerprint density at radius 3 is 1.69 bits per heavy atom. The fourth-order valence-corrected chi connectivity index (χ4v) is 1.53. The molecule has 0 aliphatic carbocycles. The van der Waals surface area contributed by atoms with Crippen molar-refractivity contribution < 1.29 is 29.6 Å². The number of ether oxygens (including phenoxy) is 1. The van der Waals surface area contributed by atoms with Gasteiger partial charge in [0.05, 0.1) is 43.9 Å². The lowest BCUT2D eigenvalue weighted by atomic mass is 9.88. The molecular weight excluding hydrogens is 340 g/mol. The number of aliphatic hydroxyl groups excluding tert-OH is 3. The Balaban J connectivity index is 0.000000413. The predicted octanol–water partition coefficient (Wildman–Crippen LogP) is 1.69. The summed E-state index contributed by atoms with van der Waals surface area (Å²) in [6, 6.07) is 4.94. The number of epoxide rings is 1. The van der Waals surface area contributed by atoms with Gasteiger partial charge in [0.25, 0.3) is 0 Å². The summed E-state index contributed by atoms with van der Waals surface area (Å²) in [6.07, 6.45) is 4.03. The fourth-order valence-electron chi connectivity index (χ4n) is 1.53. The van der Waals surface area contributed by atoms with Crippen molar-refractivity contribution in [2.24, 2.45) is 15.4 Å². The predicted molar refractivity (Wildman–Crippen MR) is 96.1 cm³/mol. The molecule has 144 valence electrons. The first-order valence-electron chi connectivity index (χ1n) is 8.13. The van der Waals surface area contributed by atoms with E-state index in [9.17, 15) is 9.59 Å². The van der Waals surface area contributed by atoms with Crippen molar-refractivity contribution in [1.29, 1.82) is 0 Å². The molecule has 3 N–H and O–H groups in total. The summed E-state index contributed by atoms with van der Waals surface area (Å²) in [5, 5.41) is 26.0. The van der Waals surface area contributed by atoms with Crippen LogP contribution in [0.4, 0.5) is 11.4 Å². The first-order chi connectivity index (χ1) is 12.4. The molecule has 1 aliphatic heterocycles. The van der Waals surface area contributed by atoms with Crippen LogP contribution in [0.3, 0.4) is 0 Å². The zero-order valence-corrected chi connectivity index (χ0v) is 15.3. The van der Waals surface area contributed by atoms with Gasteiger partial charge in [-0.3, -0.25) is 0 Å². The largest absolute Gasteiger partial charge is 0.396 e. The Kier molecular flexibility index (Phi) is 12.0. The molecule has 1 aliphatic rings. The topological polar surface area (TPSA) is 132 Å².